The Bertz CT molecular complexity index is 408. The maximum absolute atomic E-state index is 11.0. The summed E-state index contributed by atoms with van der Waals surface area (Å²) in [4.78, 5) is 0. The van der Waals surface area contributed by atoms with E-state index in [0.29, 0.717) is 6.61 Å². The van der Waals surface area contributed by atoms with Gasteiger partial charge in [0.05, 0.1) is 12.2 Å². The third-order valence-corrected chi connectivity index (χ3v) is 7.62. The summed E-state index contributed by atoms with van der Waals surface area (Å²) in [7, 11) is 0. The number of hydrogen-bond donors (Lipinski definition) is 2. The van der Waals surface area contributed by atoms with Crippen LogP contribution in [0.25, 0.3) is 0 Å². The molecular formula is C23H44O4S. The maximum Gasteiger partial charge on any atom is 0.186 e. The largest absolute Gasteiger partial charge is 0.390 e. The highest BCUT2D eigenvalue weighted by Gasteiger charge is 2.52. The molecule has 0 radical (unpaired) electrons. The number of hydrogen-bond acceptors (Lipinski definition) is 5. The number of aliphatic hydroxyl groups is 2. The Kier molecular flexibility index (Phi) is 11.8. The molecule has 0 saturated carbocycles. The van der Waals surface area contributed by atoms with Gasteiger partial charge < -0.3 is 19.7 Å². The zero-order chi connectivity index (χ0) is 20.2. The van der Waals surface area contributed by atoms with Crippen LogP contribution in [-0.4, -0.2) is 52.9 Å². The minimum atomic E-state index is -0.963. The molecule has 0 aliphatic carbocycles. The Morgan fingerprint density at radius 3 is 1.96 bits per heavy atom. The standard InChI is InChI=1S/C23H44O4S/c1-3-28-18-19-23(2)16-14-12-10-8-6-4-5-7-9-11-13-15-17-26-22(27-19)20(24)21(23)25/h19-22,24-25H,3-18H2,1-2H3. The molecule has 3 aliphatic heterocycles. The van der Waals surface area contributed by atoms with Crippen LogP contribution in [0, 0.1) is 5.41 Å². The number of thioether (sulfide) groups is 1. The van der Waals surface area contributed by atoms with Gasteiger partial charge in [-0.2, -0.15) is 11.8 Å². The van der Waals surface area contributed by atoms with Crippen molar-refractivity contribution in [2.24, 2.45) is 5.41 Å². The molecule has 2 N–H and O–H groups in total. The van der Waals surface area contributed by atoms with Gasteiger partial charge in [-0.25, -0.2) is 0 Å². The van der Waals surface area contributed by atoms with Gasteiger partial charge in [0.1, 0.15) is 6.10 Å². The van der Waals surface area contributed by atoms with E-state index < -0.39 is 23.9 Å². The van der Waals surface area contributed by atoms with Crippen molar-refractivity contribution in [1.29, 1.82) is 0 Å². The first-order valence-electron chi connectivity index (χ1n) is 11.8. The summed E-state index contributed by atoms with van der Waals surface area (Å²) in [5.41, 5.74) is -0.412. The van der Waals surface area contributed by atoms with Crippen molar-refractivity contribution >= 4 is 11.8 Å². The lowest BCUT2D eigenvalue weighted by atomic mass is 9.71. The summed E-state index contributed by atoms with van der Waals surface area (Å²) in [6.07, 6.45) is 13.4. The van der Waals surface area contributed by atoms with Crippen LogP contribution >= 0.6 is 11.8 Å². The highest BCUT2D eigenvalue weighted by Crippen LogP contribution is 2.43. The van der Waals surface area contributed by atoms with E-state index in [4.69, 9.17) is 9.47 Å². The number of ether oxygens (including phenoxy) is 2. The monoisotopic (exact) mass is 416 g/mol. The van der Waals surface area contributed by atoms with Gasteiger partial charge in [0.2, 0.25) is 0 Å². The summed E-state index contributed by atoms with van der Waals surface area (Å²) < 4.78 is 12.1. The van der Waals surface area contributed by atoms with E-state index in [1.165, 1.54) is 57.8 Å². The highest BCUT2D eigenvalue weighted by molar-refractivity contribution is 7.99. The first kappa shape index (κ1) is 24.5. The molecule has 0 spiro atoms. The zero-order valence-corrected chi connectivity index (χ0v) is 19.1. The van der Waals surface area contributed by atoms with Crippen LogP contribution in [0.15, 0.2) is 0 Å². The molecule has 3 fully saturated rings. The van der Waals surface area contributed by atoms with Crippen molar-refractivity contribution in [2.45, 2.75) is 122 Å². The van der Waals surface area contributed by atoms with E-state index in [0.717, 1.165) is 37.2 Å². The Morgan fingerprint density at radius 1 is 0.857 bits per heavy atom. The predicted octanol–water partition coefficient (Wildman–Crippen LogP) is 5.29. The lowest BCUT2D eigenvalue weighted by Crippen LogP contribution is -2.61. The molecule has 5 heteroatoms. The number of fused-ring (bicyclic) bond motifs is 16. The molecule has 0 aromatic carbocycles. The minimum Gasteiger partial charge on any atom is -0.390 e. The second-order valence-electron chi connectivity index (χ2n) is 8.96. The molecule has 0 aromatic heterocycles. The Morgan fingerprint density at radius 2 is 1.39 bits per heavy atom. The Balaban J connectivity index is 2.00. The van der Waals surface area contributed by atoms with Crippen molar-refractivity contribution in [1.82, 2.24) is 0 Å². The quantitative estimate of drug-likeness (QED) is 0.654. The molecule has 5 unspecified atom stereocenters. The van der Waals surface area contributed by atoms with Crippen LogP contribution < -0.4 is 0 Å². The van der Waals surface area contributed by atoms with Gasteiger partial charge in [-0.1, -0.05) is 84.5 Å². The molecule has 3 aliphatic rings. The van der Waals surface area contributed by atoms with Crippen LogP contribution in [0.5, 0.6) is 0 Å². The first-order valence-corrected chi connectivity index (χ1v) is 13.0. The number of rotatable bonds is 3. The fraction of sp³-hybridized carbons (Fsp3) is 1.00. The maximum atomic E-state index is 11.0. The van der Waals surface area contributed by atoms with E-state index in [9.17, 15) is 10.2 Å². The topological polar surface area (TPSA) is 58.9 Å². The third kappa shape index (κ3) is 7.46. The van der Waals surface area contributed by atoms with Crippen LogP contribution in [0.1, 0.15) is 97.3 Å². The van der Waals surface area contributed by atoms with Crippen LogP contribution in [-0.2, 0) is 9.47 Å². The summed E-state index contributed by atoms with van der Waals surface area (Å²) in [6.45, 7) is 4.84. The molecule has 3 rings (SSSR count). The summed E-state index contributed by atoms with van der Waals surface area (Å²) >= 11 is 1.84. The van der Waals surface area contributed by atoms with Gasteiger partial charge in [0, 0.05) is 17.8 Å². The molecule has 0 amide bonds. The van der Waals surface area contributed by atoms with E-state index >= 15 is 0 Å². The van der Waals surface area contributed by atoms with Gasteiger partial charge in [0.15, 0.2) is 6.29 Å². The van der Waals surface area contributed by atoms with Crippen molar-refractivity contribution in [3.63, 3.8) is 0 Å². The summed E-state index contributed by atoms with van der Waals surface area (Å²) in [6, 6.07) is 0. The van der Waals surface area contributed by atoms with Crippen molar-refractivity contribution in [2.75, 3.05) is 18.1 Å². The molecule has 0 aromatic rings. The van der Waals surface area contributed by atoms with Gasteiger partial charge in [-0.15, -0.1) is 0 Å². The van der Waals surface area contributed by atoms with Crippen LogP contribution in [0.2, 0.25) is 0 Å². The fourth-order valence-electron chi connectivity index (χ4n) is 4.60. The first-order chi connectivity index (χ1) is 13.6. The lowest BCUT2D eigenvalue weighted by Gasteiger charge is -2.50. The molecule has 3 heterocycles. The lowest BCUT2D eigenvalue weighted by molar-refractivity contribution is -0.304. The van der Waals surface area contributed by atoms with Gasteiger partial charge >= 0.3 is 0 Å². The highest BCUT2D eigenvalue weighted by atomic mass is 32.2. The summed E-state index contributed by atoms with van der Waals surface area (Å²) in [5.74, 6) is 1.87. The van der Waals surface area contributed by atoms with Crippen molar-refractivity contribution in [3.8, 4) is 0 Å². The second-order valence-corrected chi connectivity index (χ2v) is 10.3. The zero-order valence-electron chi connectivity index (χ0n) is 18.2. The second kappa shape index (κ2) is 13.5. The van der Waals surface area contributed by atoms with Crippen LogP contribution in [0.3, 0.4) is 0 Å². The predicted molar refractivity (Wildman–Crippen MR) is 118 cm³/mol. The van der Waals surface area contributed by atoms with E-state index in [-0.39, 0.29) is 6.10 Å². The minimum absolute atomic E-state index is 0.0806. The van der Waals surface area contributed by atoms with E-state index in [1.807, 2.05) is 11.8 Å². The smallest absolute Gasteiger partial charge is 0.186 e. The van der Waals surface area contributed by atoms with Gasteiger partial charge in [-0.05, 0) is 18.6 Å². The van der Waals surface area contributed by atoms with Crippen molar-refractivity contribution < 1.29 is 19.7 Å². The van der Waals surface area contributed by atoms with E-state index in [1.54, 1.807) is 0 Å². The van der Waals surface area contributed by atoms with Gasteiger partial charge in [-0.3, -0.25) is 0 Å². The molecule has 4 nitrogen and oxygen atoms in total. The number of aliphatic hydroxyl groups excluding tert-OH is 2. The Hall–Kier alpha value is 0.190. The summed E-state index contributed by atoms with van der Waals surface area (Å²) in [5, 5.41) is 21.7. The molecule has 166 valence electrons. The molecule has 3 saturated heterocycles. The average molecular weight is 417 g/mol. The molecular weight excluding hydrogens is 372 g/mol. The van der Waals surface area contributed by atoms with E-state index in [2.05, 4.69) is 13.8 Å². The average Bonchev–Trinajstić information content (AvgIpc) is 2.69. The Labute approximate surface area is 177 Å². The van der Waals surface area contributed by atoms with Crippen molar-refractivity contribution in [3.05, 3.63) is 0 Å². The van der Waals surface area contributed by atoms with Gasteiger partial charge in [0.25, 0.3) is 0 Å². The van der Waals surface area contributed by atoms with Crippen LogP contribution in [0.4, 0.5) is 0 Å². The molecule has 5 atom stereocenters. The fourth-order valence-corrected chi connectivity index (χ4v) is 5.51. The molecule has 2 bridgehead atoms. The normalized spacial score (nSPS) is 37.7. The third-order valence-electron chi connectivity index (χ3n) is 6.68. The SMILES string of the molecule is CCSCC1OC2OCCCCCCCCCCCCCCC1(C)C(O)C2O. The molecule has 28 heavy (non-hydrogen) atoms.